The molecule has 134 valence electrons. The summed E-state index contributed by atoms with van der Waals surface area (Å²) in [6.45, 7) is 3.99. The fourth-order valence-corrected chi connectivity index (χ4v) is 3.18. The fraction of sp³-hybridized carbons (Fsp3) is 0.471. The van der Waals surface area contributed by atoms with Crippen molar-refractivity contribution in [2.24, 2.45) is 4.99 Å². The van der Waals surface area contributed by atoms with Gasteiger partial charge in [0.25, 0.3) is 0 Å². The Morgan fingerprint density at radius 3 is 3.16 bits per heavy atom. The minimum atomic E-state index is -0.286. The molecule has 0 radical (unpaired) electrons. The second-order valence-corrected chi connectivity index (χ2v) is 6.36. The molecule has 2 heterocycles. The van der Waals surface area contributed by atoms with Gasteiger partial charge in [0.2, 0.25) is 0 Å². The van der Waals surface area contributed by atoms with Crippen molar-refractivity contribution >= 4 is 17.6 Å². The van der Waals surface area contributed by atoms with Crippen LogP contribution < -0.4 is 10.6 Å². The lowest BCUT2D eigenvalue weighted by molar-refractivity contribution is 0.393. The number of nitrogens with zero attached hydrogens (tertiary/aromatic N) is 4. The first-order valence-electron chi connectivity index (χ1n) is 8.51. The van der Waals surface area contributed by atoms with Crippen LogP contribution in [0.15, 0.2) is 29.5 Å². The summed E-state index contributed by atoms with van der Waals surface area (Å²) >= 11 is 6.06. The van der Waals surface area contributed by atoms with Crippen LogP contribution >= 0.6 is 11.6 Å². The smallest absolute Gasteiger partial charge is 0.191 e. The monoisotopic (exact) mass is 364 g/mol. The molecular weight excluding hydrogens is 343 g/mol. The number of nitrogens with one attached hydrogen (secondary N) is 2. The van der Waals surface area contributed by atoms with Crippen molar-refractivity contribution in [3.63, 3.8) is 0 Å². The van der Waals surface area contributed by atoms with Crippen molar-refractivity contribution in [2.75, 3.05) is 13.1 Å². The number of rotatable bonds is 5. The molecule has 1 aliphatic heterocycles. The van der Waals surface area contributed by atoms with E-state index in [4.69, 9.17) is 11.6 Å². The third kappa shape index (κ3) is 4.48. The molecule has 2 N–H and O–H groups in total. The van der Waals surface area contributed by atoms with E-state index in [1.807, 2.05) is 11.6 Å². The van der Waals surface area contributed by atoms with Gasteiger partial charge in [-0.05, 0) is 31.9 Å². The molecule has 3 rings (SSSR count). The molecular formula is C17H22ClFN6. The van der Waals surface area contributed by atoms with Crippen LogP contribution in [0.4, 0.5) is 4.39 Å². The van der Waals surface area contributed by atoms with E-state index < -0.39 is 0 Å². The highest BCUT2D eigenvalue weighted by Crippen LogP contribution is 2.19. The van der Waals surface area contributed by atoms with Crippen LogP contribution in [0.25, 0.3) is 0 Å². The van der Waals surface area contributed by atoms with Crippen molar-refractivity contribution in [3.8, 4) is 0 Å². The van der Waals surface area contributed by atoms with Gasteiger partial charge in [0.05, 0.1) is 6.54 Å². The zero-order valence-electron chi connectivity index (χ0n) is 14.2. The summed E-state index contributed by atoms with van der Waals surface area (Å²) in [5, 5.41) is 11.3. The van der Waals surface area contributed by atoms with Crippen molar-refractivity contribution in [1.29, 1.82) is 0 Å². The lowest BCUT2D eigenvalue weighted by Crippen LogP contribution is -2.47. The Morgan fingerprint density at radius 2 is 2.36 bits per heavy atom. The summed E-state index contributed by atoms with van der Waals surface area (Å²) in [4.78, 5) is 8.79. The third-order valence-corrected chi connectivity index (χ3v) is 4.54. The van der Waals surface area contributed by atoms with E-state index in [2.05, 4.69) is 25.7 Å². The molecule has 6 nitrogen and oxygen atoms in total. The summed E-state index contributed by atoms with van der Waals surface area (Å²) in [6, 6.07) is 4.97. The Hall–Kier alpha value is -2.15. The predicted octanol–water partition coefficient (Wildman–Crippen LogP) is 2.18. The topological polar surface area (TPSA) is 67.1 Å². The molecule has 0 fully saturated rings. The molecule has 1 atom stereocenters. The fourth-order valence-electron chi connectivity index (χ4n) is 2.92. The van der Waals surface area contributed by atoms with Gasteiger partial charge in [-0.25, -0.2) is 14.1 Å². The first kappa shape index (κ1) is 17.7. The summed E-state index contributed by atoms with van der Waals surface area (Å²) in [5.74, 6) is 1.46. The van der Waals surface area contributed by atoms with E-state index >= 15 is 0 Å². The predicted molar refractivity (Wildman–Crippen MR) is 96.4 cm³/mol. The van der Waals surface area contributed by atoms with Crippen LogP contribution in [0.3, 0.4) is 0 Å². The number of aliphatic imine (C=N–C) groups is 1. The van der Waals surface area contributed by atoms with E-state index in [1.165, 1.54) is 6.07 Å². The van der Waals surface area contributed by atoms with Gasteiger partial charge in [-0.15, -0.1) is 0 Å². The first-order valence-corrected chi connectivity index (χ1v) is 8.89. The highest BCUT2D eigenvalue weighted by Gasteiger charge is 2.20. The van der Waals surface area contributed by atoms with E-state index in [0.717, 1.165) is 37.7 Å². The maximum atomic E-state index is 13.8. The van der Waals surface area contributed by atoms with Crippen LogP contribution in [0.5, 0.6) is 0 Å². The van der Waals surface area contributed by atoms with E-state index in [9.17, 15) is 4.39 Å². The standard InChI is InChI=1S/C17H22ClFN6/c1-2-20-17(21-9-8-13-14(18)4-3-5-15(13)19)24-12-6-7-16-22-11-23-25(16)10-12/h3-5,11-12H,2,6-10H2,1H3,(H2,20,21,24). The molecule has 1 unspecified atom stereocenters. The summed E-state index contributed by atoms with van der Waals surface area (Å²) in [5.41, 5.74) is 0.508. The van der Waals surface area contributed by atoms with Crippen molar-refractivity contribution < 1.29 is 4.39 Å². The average Bonchev–Trinajstić information content (AvgIpc) is 3.05. The molecule has 1 aromatic heterocycles. The second kappa shape index (κ2) is 8.29. The van der Waals surface area contributed by atoms with Gasteiger partial charge < -0.3 is 10.6 Å². The Morgan fingerprint density at radius 1 is 1.48 bits per heavy atom. The maximum absolute atomic E-state index is 13.8. The zero-order valence-corrected chi connectivity index (χ0v) is 14.9. The van der Waals surface area contributed by atoms with Gasteiger partial charge in [-0.3, -0.25) is 4.99 Å². The highest BCUT2D eigenvalue weighted by atomic mass is 35.5. The minimum Gasteiger partial charge on any atom is -0.357 e. The molecule has 2 aromatic rings. The van der Waals surface area contributed by atoms with Crippen LogP contribution in [0, 0.1) is 5.82 Å². The second-order valence-electron chi connectivity index (χ2n) is 5.95. The van der Waals surface area contributed by atoms with Gasteiger partial charge in [0.1, 0.15) is 18.0 Å². The molecule has 0 bridgehead atoms. The Kier molecular flexibility index (Phi) is 5.86. The Labute approximate surface area is 151 Å². The van der Waals surface area contributed by atoms with Gasteiger partial charge in [-0.2, -0.15) is 5.10 Å². The Balaban J connectivity index is 1.60. The maximum Gasteiger partial charge on any atom is 0.191 e. The van der Waals surface area contributed by atoms with E-state index in [0.29, 0.717) is 23.6 Å². The molecule has 0 amide bonds. The molecule has 0 saturated heterocycles. The van der Waals surface area contributed by atoms with Crippen LogP contribution in [0.1, 0.15) is 24.7 Å². The average molecular weight is 365 g/mol. The summed E-state index contributed by atoms with van der Waals surface area (Å²) in [7, 11) is 0. The Bertz CT molecular complexity index is 724. The van der Waals surface area contributed by atoms with Gasteiger partial charge in [0, 0.05) is 36.1 Å². The van der Waals surface area contributed by atoms with Gasteiger partial charge in [0.15, 0.2) is 5.96 Å². The molecule has 1 aromatic carbocycles. The quantitative estimate of drug-likeness (QED) is 0.630. The number of hydrogen-bond acceptors (Lipinski definition) is 3. The third-order valence-electron chi connectivity index (χ3n) is 4.18. The number of hydrogen-bond donors (Lipinski definition) is 2. The molecule has 25 heavy (non-hydrogen) atoms. The van der Waals surface area contributed by atoms with Crippen molar-refractivity contribution in [3.05, 3.63) is 46.8 Å². The molecule has 0 saturated carbocycles. The van der Waals surface area contributed by atoms with Crippen LogP contribution in [-0.4, -0.2) is 39.9 Å². The number of fused-ring (bicyclic) bond motifs is 1. The first-order chi connectivity index (χ1) is 12.2. The lowest BCUT2D eigenvalue weighted by Gasteiger charge is -2.25. The largest absolute Gasteiger partial charge is 0.357 e. The highest BCUT2D eigenvalue weighted by molar-refractivity contribution is 6.31. The summed E-state index contributed by atoms with van der Waals surface area (Å²) < 4.78 is 15.7. The molecule has 0 aliphatic carbocycles. The zero-order chi connectivity index (χ0) is 17.6. The van der Waals surface area contributed by atoms with Crippen molar-refractivity contribution in [2.45, 2.75) is 38.8 Å². The lowest BCUT2D eigenvalue weighted by atomic mass is 10.1. The minimum absolute atomic E-state index is 0.240. The normalized spacial score (nSPS) is 17.2. The summed E-state index contributed by atoms with van der Waals surface area (Å²) in [6.07, 6.45) is 3.92. The van der Waals surface area contributed by atoms with Gasteiger partial charge in [-0.1, -0.05) is 17.7 Å². The van der Waals surface area contributed by atoms with Crippen LogP contribution in [-0.2, 0) is 19.4 Å². The van der Waals surface area contributed by atoms with E-state index in [1.54, 1.807) is 18.5 Å². The number of aromatic nitrogens is 3. The molecule has 1 aliphatic rings. The number of guanidine groups is 1. The number of aryl methyl sites for hydroxylation is 1. The van der Waals surface area contributed by atoms with Crippen molar-refractivity contribution in [1.82, 2.24) is 25.4 Å². The van der Waals surface area contributed by atoms with Gasteiger partial charge >= 0.3 is 0 Å². The molecule has 0 spiro atoms. The van der Waals surface area contributed by atoms with Crippen LogP contribution in [0.2, 0.25) is 5.02 Å². The SMILES string of the molecule is CCNC(=NCCc1c(F)cccc1Cl)NC1CCc2ncnn2C1. The van der Waals surface area contributed by atoms with E-state index in [-0.39, 0.29) is 11.9 Å². The number of benzene rings is 1. The molecule has 8 heteroatoms. The number of halogens is 2.